The third kappa shape index (κ3) is 7.79. The number of rotatable bonds is 9. The molecule has 2 amide bonds. The Kier molecular flexibility index (Phi) is 10.5. The number of nitrogens with zero attached hydrogens (tertiary/aromatic N) is 3. The van der Waals surface area contributed by atoms with E-state index in [0.29, 0.717) is 45.8 Å². The number of amides is 2. The van der Waals surface area contributed by atoms with Crippen LogP contribution in [-0.4, -0.2) is 78.5 Å². The van der Waals surface area contributed by atoms with Crippen LogP contribution >= 0.6 is 0 Å². The molecule has 0 radical (unpaired) electrons. The highest BCUT2D eigenvalue weighted by Crippen LogP contribution is 2.39. The van der Waals surface area contributed by atoms with Gasteiger partial charge in [-0.3, -0.25) is 14.5 Å². The van der Waals surface area contributed by atoms with E-state index >= 15 is 0 Å². The second kappa shape index (κ2) is 13.8. The predicted molar refractivity (Wildman–Crippen MR) is 159 cm³/mol. The molecule has 0 aromatic heterocycles. The van der Waals surface area contributed by atoms with Crippen molar-refractivity contribution < 1.29 is 27.8 Å². The zero-order valence-corrected chi connectivity index (χ0v) is 25.5. The van der Waals surface area contributed by atoms with E-state index in [4.69, 9.17) is 9.47 Å². The second-order valence-electron chi connectivity index (χ2n) is 12.4. The number of hydrogen-bond acceptors (Lipinski definition) is 5. The molecule has 1 unspecified atom stereocenters. The molecule has 2 fully saturated rings. The molecule has 2 aromatic rings. The SMILES string of the molecule is CCOc1cc(C(c2ccccc2)N2CCN(C(=O)CC3CCN(C(C)=O)CC3)[C@@H](C(C)(C)C)C2)ccc1OC(F)F. The number of hydrogen-bond donors (Lipinski definition) is 0. The van der Waals surface area contributed by atoms with Crippen molar-refractivity contribution in [2.75, 3.05) is 39.3 Å². The average Bonchev–Trinajstić information content (AvgIpc) is 2.95. The fourth-order valence-corrected chi connectivity index (χ4v) is 6.30. The normalized spacial score (nSPS) is 19.6. The number of carbonyl (C=O) groups is 2. The summed E-state index contributed by atoms with van der Waals surface area (Å²) in [6.07, 6.45) is 2.22. The maximum atomic E-state index is 13.7. The van der Waals surface area contributed by atoms with Gasteiger partial charge >= 0.3 is 6.61 Å². The van der Waals surface area contributed by atoms with E-state index in [1.165, 1.54) is 0 Å². The van der Waals surface area contributed by atoms with Crippen molar-refractivity contribution >= 4 is 11.8 Å². The fourth-order valence-electron chi connectivity index (χ4n) is 6.30. The zero-order chi connectivity index (χ0) is 30.4. The van der Waals surface area contributed by atoms with Crippen LogP contribution in [0.4, 0.5) is 8.78 Å². The highest BCUT2D eigenvalue weighted by atomic mass is 19.3. The summed E-state index contributed by atoms with van der Waals surface area (Å²) < 4.78 is 36.6. The third-order valence-corrected chi connectivity index (χ3v) is 8.53. The van der Waals surface area contributed by atoms with Crippen molar-refractivity contribution in [1.29, 1.82) is 0 Å². The van der Waals surface area contributed by atoms with Gasteiger partial charge in [0.1, 0.15) is 0 Å². The van der Waals surface area contributed by atoms with Gasteiger partial charge in [-0.15, -0.1) is 0 Å². The number of halogens is 2. The lowest BCUT2D eigenvalue weighted by Crippen LogP contribution is -2.60. The first-order valence-corrected chi connectivity index (χ1v) is 15.0. The second-order valence-corrected chi connectivity index (χ2v) is 12.4. The summed E-state index contributed by atoms with van der Waals surface area (Å²) in [5, 5.41) is 0. The molecule has 0 spiro atoms. The molecule has 2 aliphatic rings. The van der Waals surface area contributed by atoms with Gasteiger partial charge in [0.2, 0.25) is 11.8 Å². The number of carbonyl (C=O) groups excluding carboxylic acids is 2. The Labute approximate surface area is 248 Å². The standard InChI is InChI=1S/C33H45F2N3O4/c1-6-41-28-21-26(12-13-27(28)42-32(34)35)31(25-10-8-7-9-11-25)37-18-19-38(29(22-37)33(3,4)5)30(40)20-24-14-16-36(17-15-24)23(2)39/h7-13,21,24,29,31-32H,6,14-20,22H2,1-5H3/t29-,31?/m1/s1. The molecule has 2 atom stereocenters. The van der Waals surface area contributed by atoms with Crippen molar-refractivity contribution in [1.82, 2.24) is 14.7 Å². The van der Waals surface area contributed by atoms with E-state index in [-0.39, 0.29) is 46.7 Å². The van der Waals surface area contributed by atoms with E-state index < -0.39 is 6.61 Å². The minimum absolute atomic E-state index is 0.0135. The van der Waals surface area contributed by atoms with Gasteiger partial charge in [0.25, 0.3) is 0 Å². The van der Waals surface area contributed by atoms with Gasteiger partial charge in [-0.25, -0.2) is 0 Å². The summed E-state index contributed by atoms with van der Waals surface area (Å²) in [5.41, 5.74) is 1.82. The lowest BCUT2D eigenvalue weighted by Gasteiger charge is -2.50. The van der Waals surface area contributed by atoms with Crippen LogP contribution < -0.4 is 9.47 Å². The lowest BCUT2D eigenvalue weighted by molar-refractivity contribution is -0.141. The molecule has 42 heavy (non-hydrogen) atoms. The van der Waals surface area contributed by atoms with Crippen LogP contribution in [0, 0.1) is 11.3 Å². The number of piperidine rings is 1. The molecule has 9 heteroatoms. The van der Waals surface area contributed by atoms with Crippen LogP contribution in [0.2, 0.25) is 0 Å². The topological polar surface area (TPSA) is 62.3 Å². The van der Waals surface area contributed by atoms with Crippen molar-refractivity contribution in [2.45, 2.75) is 72.6 Å². The van der Waals surface area contributed by atoms with E-state index in [9.17, 15) is 18.4 Å². The maximum absolute atomic E-state index is 13.7. The smallest absolute Gasteiger partial charge is 0.387 e. The Morgan fingerprint density at radius 2 is 1.64 bits per heavy atom. The summed E-state index contributed by atoms with van der Waals surface area (Å²) in [5.74, 6) is 0.864. The molecule has 7 nitrogen and oxygen atoms in total. The minimum Gasteiger partial charge on any atom is -0.490 e. The minimum atomic E-state index is -2.94. The molecule has 230 valence electrons. The van der Waals surface area contributed by atoms with Gasteiger partial charge in [0.05, 0.1) is 12.6 Å². The molecular formula is C33H45F2N3O4. The fraction of sp³-hybridized carbons (Fsp3) is 0.576. The number of ether oxygens (including phenoxy) is 2. The van der Waals surface area contributed by atoms with Crippen molar-refractivity contribution in [3.05, 3.63) is 59.7 Å². The number of benzene rings is 2. The van der Waals surface area contributed by atoms with Crippen LogP contribution in [0.3, 0.4) is 0 Å². The molecule has 0 aliphatic carbocycles. The molecule has 0 N–H and O–H groups in total. The molecule has 2 aliphatic heterocycles. The van der Waals surface area contributed by atoms with Crippen molar-refractivity contribution in [3.63, 3.8) is 0 Å². The molecule has 2 aromatic carbocycles. The summed E-state index contributed by atoms with van der Waals surface area (Å²) in [6.45, 7) is 10.7. The highest BCUT2D eigenvalue weighted by molar-refractivity contribution is 5.77. The molecule has 4 rings (SSSR count). The number of likely N-dealkylation sites (tertiary alicyclic amines) is 1. The van der Waals surface area contributed by atoms with Crippen LogP contribution in [0.25, 0.3) is 0 Å². The number of piperazine rings is 1. The monoisotopic (exact) mass is 585 g/mol. The van der Waals surface area contributed by atoms with Gasteiger partial charge in [-0.05, 0) is 54.4 Å². The van der Waals surface area contributed by atoms with Gasteiger partial charge in [-0.1, -0.05) is 57.2 Å². The first kappa shape index (κ1) is 31.7. The molecule has 2 heterocycles. The van der Waals surface area contributed by atoms with E-state index in [1.54, 1.807) is 19.1 Å². The Balaban J connectivity index is 1.58. The summed E-state index contributed by atoms with van der Waals surface area (Å²) in [6, 6.07) is 15.1. The first-order valence-electron chi connectivity index (χ1n) is 15.0. The maximum Gasteiger partial charge on any atom is 0.387 e. The first-order chi connectivity index (χ1) is 20.0. The van der Waals surface area contributed by atoms with Gasteiger partial charge in [0.15, 0.2) is 11.5 Å². The Morgan fingerprint density at radius 1 is 0.952 bits per heavy atom. The molecule has 0 bridgehead atoms. The van der Waals surface area contributed by atoms with Crippen LogP contribution in [0.15, 0.2) is 48.5 Å². The van der Waals surface area contributed by atoms with Crippen molar-refractivity contribution in [3.8, 4) is 11.5 Å². The van der Waals surface area contributed by atoms with E-state index in [1.807, 2.05) is 36.1 Å². The van der Waals surface area contributed by atoms with Gasteiger partial charge in [0, 0.05) is 52.1 Å². The Bertz CT molecular complexity index is 1200. The predicted octanol–water partition coefficient (Wildman–Crippen LogP) is 5.98. The van der Waals surface area contributed by atoms with Gasteiger partial charge in [-0.2, -0.15) is 8.78 Å². The van der Waals surface area contributed by atoms with Crippen molar-refractivity contribution in [2.24, 2.45) is 11.3 Å². The summed E-state index contributed by atoms with van der Waals surface area (Å²) >= 11 is 0. The average molecular weight is 586 g/mol. The van der Waals surface area contributed by atoms with Crippen LogP contribution in [-0.2, 0) is 9.59 Å². The molecule has 2 saturated heterocycles. The van der Waals surface area contributed by atoms with Gasteiger partial charge < -0.3 is 19.3 Å². The lowest BCUT2D eigenvalue weighted by atomic mass is 9.82. The zero-order valence-electron chi connectivity index (χ0n) is 25.5. The summed E-state index contributed by atoms with van der Waals surface area (Å²) in [4.78, 5) is 31.8. The molecular weight excluding hydrogens is 540 g/mol. The quantitative estimate of drug-likeness (QED) is 0.362. The largest absolute Gasteiger partial charge is 0.490 e. The third-order valence-electron chi connectivity index (χ3n) is 8.53. The van der Waals surface area contributed by atoms with E-state index in [2.05, 4.69) is 42.7 Å². The Morgan fingerprint density at radius 3 is 2.24 bits per heavy atom. The van der Waals surface area contributed by atoms with Crippen LogP contribution in [0.1, 0.15) is 71.0 Å². The summed E-state index contributed by atoms with van der Waals surface area (Å²) in [7, 11) is 0. The Hall–Kier alpha value is -3.20. The van der Waals surface area contributed by atoms with Crippen LogP contribution in [0.5, 0.6) is 11.5 Å². The number of alkyl halides is 2. The van der Waals surface area contributed by atoms with E-state index in [0.717, 1.165) is 24.0 Å². The molecule has 0 saturated carbocycles. The highest BCUT2D eigenvalue weighted by Gasteiger charge is 2.41.